The quantitative estimate of drug-likeness (QED) is 0.362. The van der Waals surface area contributed by atoms with E-state index < -0.39 is 0 Å². The Hall–Kier alpha value is -3.25. The van der Waals surface area contributed by atoms with E-state index in [1.807, 2.05) is 24.4 Å². The number of aromatic nitrogens is 1. The van der Waals surface area contributed by atoms with E-state index in [-0.39, 0.29) is 34.9 Å². The third-order valence-corrected chi connectivity index (χ3v) is 8.42. The number of benzene rings is 2. The van der Waals surface area contributed by atoms with Gasteiger partial charge >= 0.3 is 0 Å². The topological polar surface area (TPSA) is 60.5 Å². The highest BCUT2D eigenvalue weighted by Gasteiger charge is 2.42. The molecule has 2 aromatic carbocycles. The second-order valence-corrected chi connectivity index (χ2v) is 11.8. The number of halogens is 1. The van der Waals surface area contributed by atoms with Crippen LogP contribution in [-0.2, 0) is 16.0 Å². The predicted molar refractivity (Wildman–Crippen MR) is 146 cm³/mol. The number of aryl methyl sites for hydroxylation is 2. The van der Waals surface area contributed by atoms with Gasteiger partial charge in [0.1, 0.15) is 17.3 Å². The summed E-state index contributed by atoms with van der Waals surface area (Å²) in [6.07, 6.45) is 4.33. The fourth-order valence-corrected chi connectivity index (χ4v) is 6.20. The molecule has 1 aliphatic heterocycles. The van der Waals surface area contributed by atoms with Crippen LogP contribution in [0, 0.1) is 31.0 Å². The van der Waals surface area contributed by atoms with E-state index in [0.29, 0.717) is 6.61 Å². The Morgan fingerprint density at radius 3 is 2.55 bits per heavy atom. The van der Waals surface area contributed by atoms with Crippen LogP contribution in [-0.4, -0.2) is 30.6 Å². The monoisotopic (exact) mass is 514 g/mol. The van der Waals surface area contributed by atoms with Crippen LogP contribution in [0.15, 0.2) is 42.6 Å². The van der Waals surface area contributed by atoms with E-state index in [9.17, 15) is 4.79 Å². The standard InChI is InChI=1S/C32H35FN2O3/c1-18-11-22(38-17-32(4)15-37-16-32)12-19(2)30(18)23-6-8-27(33)31-24(23)7-10-29(31)35-21-5-9-28(34-14-21)26-13-25(26)20(3)36/h5-6,8-9,11-12,14,25-26,29,35H,7,10,13,15-17H2,1-4H3/t25-,26+,29-/m1/s1. The SMILES string of the molecule is CC(=O)[C@H]1C[C@@H]1c1ccc(N[C@@H]2CCc3c(-c4c(C)cc(OCC5(C)COC5)cc4C)ccc(F)c32)cn1. The molecule has 38 heavy (non-hydrogen) atoms. The summed E-state index contributed by atoms with van der Waals surface area (Å²) in [5.41, 5.74) is 8.27. The lowest BCUT2D eigenvalue weighted by Crippen LogP contribution is -2.44. The first-order chi connectivity index (χ1) is 18.2. The van der Waals surface area contributed by atoms with Crippen LogP contribution < -0.4 is 10.1 Å². The molecule has 0 radical (unpaired) electrons. The van der Waals surface area contributed by atoms with Gasteiger partial charge in [0.05, 0.1) is 37.7 Å². The molecule has 1 aromatic heterocycles. The van der Waals surface area contributed by atoms with Crippen LogP contribution in [0.1, 0.15) is 66.6 Å². The minimum absolute atomic E-state index is 0.0883. The third kappa shape index (κ3) is 4.60. The number of rotatable bonds is 8. The van der Waals surface area contributed by atoms with Crippen LogP contribution in [0.3, 0.4) is 0 Å². The molecule has 2 fully saturated rings. The van der Waals surface area contributed by atoms with Crippen molar-refractivity contribution in [3.05, 3.63) is 76.4 Å². The second-order valence-electron chi connectivity index (χ2n) is 11.8. The zero-order chi connectivity index (χ0) is 26.6. The molecular formula is C32H35FN2O3. The highest BCUT2D eigenvalue weighted by Crippen LogP contribution is 2.47. The molecule has 3 aromatic rings. The molecule has 2 heterocycles. The molecule has 3 aliphatic rings. The van der Waals surface area contributed by atoms with Crippen molar-refractivity contribution >= 4 is 11.5 Å². The molecule has 1 saturated heterocycles. The smallest absolute Gasteiger partial charge is 0.133 e. The molecule has 198 valence electrons. The van der Waals surface area contributed by atoms with Gasteiger partial charge in [0.2, 0.25) is 0 Å². The molecular weight excluding hydrogens is 479 g/mol. The fourth-order valence-electron chi connectivity index (χ4n) is 6.20. The summed E-state index contributed by atoms with van der Waals surface area (Å²) in [6.45, 7) is 10.2. The van der Waals surface area contributed by atoms with E-state index in [0.717, 1.165) is 83.0 Å². The minimum atomic E-state index is -0.170. The maximum Gasteiger partial charge on any atom is 0.133 e. The number of Topliss-reactive ketones (excluding diaryl/α,β-unsaturated/α-hetero) is 1. The van der Waals surface area contributed by atoms with E-state index in [2.05, 4.69) is 43.2 Å². The molecule has 0 amide bonds. The molecule has 0 bridgehead atoms. The maximum absolute atomic E-state index is 15.2. The van der Waals surface area contributed by atoms with E-state index in [1.54, 1.807) is 13.0 Å². The minimum Gasteiger partial charge on any atom is -0.493 e. The van der Waals surface area contributed by atoms with Gasteiger partial charge in [-0.15, -0.1) is 0 Å². The van der Waals surface area contributed by atoms with Gasteiger partial charge in [-0.1, -0.05) is 13.0 Å². The van der Waals surface area contributed by atoms with Crippen molar-refractivity contribution in [3.63, 3.8) is 0 Å². The average molecular weight is 515 g/mol. The Balaban J connectivity index is 1.22. The summed E-state index contributed by atoms with van der Waals surface area (Å²) in [4.78, 5) is 16.2. The van der Waals surface area contributed by atoms with Gasteiger partial charge in [-0.25, -0.2) is 4.39 Å². The number of ketones is 1. The molecule has 6 heteroatoms. The number of carbonyl (C=O) groups excluding carboxylic acids is 1. The lowest BCUT2D eigenvalue weighted by Gasteiger charge is -2.37. The molecule has 2 aliphatic carbocycles. The van der Waals surface area contributed by atoms with Gasteiger partial charge in [-0.05, 0) is 98.2 Å². The van der Waals surface area contributed by atoms with E-state index in [4.69, 9.17) is 9.47 Å². The summed E-state index contributed by atoms with van der Waals surface area (Å²) in [5.74, 6) is 1.29. The number of anilines is 1. The van der Waals surface area contributed by atoms with Crippen molar-refractivity contribution in [1.29, 1.82) is 0 Å². The molecule has 1 saturated carbocycles. The van der Waals surface area contributed by atoms with Gasteiger partial charge in [-0.2, -0.15) is 0 Å². The summed E-state index contributed by atoms with van der Waals surface area (Å²) < 4.78 is 26.7. The van der Waals surface area contributed by atoms with Gasteiger partial charge < -0.3 is 14.8 Å². The summed E-state index contributed by atoms with van der Waals surface area (Å²) in [6, 6.07) is 11.6. The van der Waals surface area contributed by atoms with Crippen molar-refractivity contribution < 1.29 is 18.7 Å². The predicted octanol–water partition coefficient (Wildman–Crippen LogP) is 6.71. The fraction of sp³-hybridized carbons (Fsp3) is 0.438. The van der Waals surface area contributed by atoms with Gasteiger partial charge in [-0.3, -0.25) is 9.78 Å². The van der Waals surface area contributed by atoms with E-state index >= 15 is 4.39 Å². The highest BCUT2D eigenvalue weighted by molar-refractivity contribution is 5.82. The first kappa shape index (κ1) is 25.1. The third-order valence-electron chi connectivity index (χ3n) is 8.42. The van der Waals surface area contributed by atoms with Crippen molar-refractivity contribution in [3.8, 4) is 16.9 Å². The Morgan fingerprint density at radius 2 is 1.95 bits per heavy atom. The summed E-state index contributed by atoms with van der Waals surface area (Å²) >= 11 is 0. The highest BCUT2D eigenvalue weighted by atomic mass is 19.1. The summed E-state index contributed by atoms with van der Waals surface area (Å²) in [7, 11) is 0. The summed E-state index contributed by atoms with van der Waals surface area (Å²) in [5, 5.41) is 3.52. The van der Waals surface area contributed by atoms with Gasteiger partial charge in [0, 0.05) is 28.5 Å². The average Bonchev–Trinajstić information content (AvgIpc) is 3.57. The number of fused-ring (bicyclic) bond motifs is 1. The van der Waals surface area contributed by atoms with Crippen LogP contribution in [0.2, 0.25) is 0 Å². The van der Waals surface area contributed by atoms with Gasteiger partial charge in [0.15, 0.2) is 0 Å². The van der Waals surface area contributed by atoms with Crippen molar-refractivity contribution in [1.82, 2.24) is 4.98 Å². The first-order valence-electron chi connectivity index (χ1n) is 13.6. The number of nitrogens with zero attached hydrogens (tertiary/aromatic N) is 1. The van der Waals surface area contributed by atoms with Crippen LogP contribution in [0.25, 0.3) is 11.1 Å². The van der Waals surface area contributed by atoms with E-state index in [1.165, 1.54) is 0 Å². The molecule has 1 N–H and O–H groups in total. The molecule has 0 unspecified atom stereocenters. The number of hydrogen-bond donors (Lipinski definition) is 1. The van der Waals surface area contributed by atoms with Crippen molar-refractivity contribution in [2.45, 2.75) is 58.9 Å². The number of pyridine rings is 1. The Labute approximate surface area is 223 Å². The maximum atomic E-state index is 15.2. The van der Waals surface area contributed by atoms with Crippen molar-refractivity contribution in [2.75, 3.05) is 25.1 Å². The molecule has 0 spiro atoms. The zero-order valence-corrected chi connectivity index (χ0v) is 22.6. The Kier molecular flexibility index (Phi) is 6.26. The zero-order valence-electron chi connectivity index (χ0n) is 22.6. The Morgan fingerprint density at radius 1 is 1.18 bits per heavy atom. The van der Waals surface area contributed by atoms with Crippen LogP contribution in [0.5, 0.6) is 5.75 Å². The molecule has 3 atom stereocenters. The van der Waals surface area contributed by atoms with Gasteiger partial charge in [0.25, 0.3) is 0 Å². The van der Waals surface area contributed by atoms with Crippen LogP contribution >= 0.6 is 0 Å². The lowest BCUT2D eigenvalue weighted by atomic mass is 9.89. The lowest BCUT2D eigenvalue weighted by molar-refractivity contribution is -0.120. The van der Waals surface area contributed by atoms with Crippen molar-refractivity contribution in [2.24, 2.45) is 11.3 Å². The second kappa shape index (κ2) is 9.49. The Bertz CT molecular complexity index is 1370. The molecule has 5 nitrogen and oxygen atoms in total. The first-order valence-corrected chi connectivity index (χ1v) is 13.6. The number of nitrogens with one attached hydrogen (secondary N) is 1. The number of hydrogen-bond acceptors (Lipinski definition) is 5. The van der Waals surface area contributed by atoms with Crippen LogP contribution in [0.4, 0.5) is 10.1 Å². The molecule has 6 rings (SSSR count). The largest absolute Gasteiger partial charge is 0.493 e. The number of carbonyl (C=O) groups is 1. The number of ether oxygens (including phenoxy) is 2. The normalized spacial score (nSPS) is 22.9.